The molecule has 3 fully saturated rings. The Kier molecular flexibility index (Phi) is 5.37. The Morgan fingerprint density at radius 1 is 1.24 bits per heavy atom. The number of amides is 1. The molecule has 0 N–H and O–H groups in total. The summed E-state index contributed by atoms with van der Waals surface area (Å²) in [4.78, 5) is 20.7. The molecule has 1 aliphatic heterocycles. The summed E-state index contributed by atoms with van der Waals surface area (Å²) in [6.45, 7) is 1.82. The van der Waals surface area contributed by atoms with Crippen molar-refractivity contribution < 1.29 is 22.4 Å². The van der Waals surface area contributed by atoms with Gasteiger partial charge in [-0.2, -0.15) is 17.9 Å². The number of carbonyl (C=O) groups excluding carboxylic acids is 1. The van der Waals surface area contributed by atoms with Crippen molar-refractivity contribution in [2.45, 2.75) is 63.5 Å². The molecule has 3 heterocycles. The molecule has 0 radical (unpaired) electrons. The molecule has 2 saturated carbocycles. The van der Waals surface area contributed by atoms with E-state index in [-0.39, 0.29) is 37.9 Å². The van der Waals surface area contributed by atoms with Crippen LogP contribution in [0.4, 0.5) is 17.6 Å². The van der Waals surface area contributed by atoms with Crippen molar-refractivity contribution in [1.29, 1.82) is 0 Å². The van der Waals surface area contributed by atoms with Gasteiger partial charge in [-0.3, -0.25) is 9.69 Å². The van der Waals surface area contributed by atoms with Gasteiger partial charge in [-0.25, -0.2) is 9.37 Å². The van der Waals surface area contributed by atoms with E-state index in [0.29, 0.717) is 30.2 Å². The third-order valence-corrected chi connectivity index (χ3v) is 6.94. The Balaban J connectivity index is 1.27. The Hall–Kier alpha value is -2.63. The van der Waals surface area contributed by atoms with Gasteiger partial charge in [-0.15, -0.1) is 5.10 Å². The maximum Gasteiger partial charge on any atom is 0.395 e. The van der Waals surface area contributed by atoms with Crippen molar-refractivity contribution >= 4 is 5.91 Å². The van der Waals surface area contributed by atoms with Crippen molar-refractivity contribution in [1.82, 2.24) is 35.0 Å². The van der Waals surface area contributed by atoms with Gasteiger partial charge >= 0.3 is 6.18 Å². The van der Waals surface area contributed by atoms with E-state index in [9.17, 15) is 18.0 Å². The van der Waals surface area contributed by atoms with Crippen LogP contribution in [0.1, 0.15) is 48.3 Å². The maximum atomic E-state index is 15.2. The highest BCUT2D eigenvalue weighted by Crippen LogP contribution is 2.58. The van der Waals surface area contributed by atoms with Crippen molar-refractivity contribution in [2.75, 3.05) is 19.6 Å². The SMILES string of the molecule is Cc1nnnn1-c1ccc(C(=O)N(C2CC2)[C@@H]2CCN(CC3(C(F)(F)F)CC3)C[C@@H]2F)cn1. The minimum atomic E-state index is -4.26. The number of aromatic nitrogens is 5. The van der Waals surface area contributed by atoms with Crippen LogP contribution >= 0.6 is 0 Å². The average Bonchev–Trinajstić information content (AvgIpc) is 3.69. The maximum absolute atomic E-state index is 15.2. The summed E-state index contributed by atoms with van der Waals surface area (Å²) in [6, 6.07) is 2.55. The Bertz CT molecular complexity index is 1020. The highest BCUT2D eigenvalue weighted by atomic mass is 19.4. The van der Waals surface area contributed by atoms with Gasteiger partial charge < -0.3 is 4.90 Å². The van der Waals surface area contributed by atoms with Crippen molar-refractivity contribution in [3.05, 3.63) is 29.7 Å². The van der Waals surface area contributed by atoms with E-state index < -0.39 is 23.8 Å². The zero-order valence-corrected chi connectivity index (χ0v) is 18.2. The molecule has 1 amide bonds. The normalized spacial score (nSPS) is 25.1. The summed E-state index contributed by atoms with van der Waals surface area (Å²) in [5.74, 6) is 0.703. The molecule has 0 spiro atoms. The van der Waals surface area contributed by atoms with Crippen LogP contribution in [0.5, 0.6) is 0 Å². The van der Waals surface area contributed by atoms with Crippen molar-refractivity contribution in [2.24, 2.45) is 5.41 Å². The van der Waals surface area contributed by atoms with Gasteiger partial charge in [0.1, 0.15) is 6.17 Å². The van der Waals surface area contributed by atoms with Crippen molar-refractivity contribution in [3.8, 4) is 5.82 Å². The number of halogens is 4. The number of nitrogens with zero attached hydrogens (tertiary/aromatic N) is 7. The lowest BCUT2D eigenvalue weighted by Crippen LogP contribution is -2.56. The van der Waals surface area contributed by atoms with Crippen molar-refractivity contribution in [3.63, 3.8) is 0 Å². The molecule has 2 aliphatic carbocycles. The molecule has 2 aromatic rings. The van der Waals surface area contributed by atoms with E-state index in [2.05, 4.69) is 20.5 Å². The first-order valence-electron chi connectivity index (χ1n) is 11.2. The summed E-state index contributed by atoms with van der Waals surface area (Å²) in [7, 11) is 0. The highest BCUT2D eigenvalue weighted by Gasteiger charge is 2.63. The summed E-state index contributed by atoms with van der Waals surface area (Å²) in [5.41, 5.74) is -1.35. The zero-order valence-electron chi connectivity index (χ0n) is 18.2. The monoisotopic (exact) mass is 467 g/mol. The second-order valence-electron chi connectivity index (χ2n) is 9.37. The van der Waals surface area contributed by atoms with Crippen LogP contribution in [0.15, 0.2) is 18.3 Å². The number of hydrogen-bond acceptors (Lipinski definition) is 6. The standard InChI is InChI=1S/C21H25F4N7O/c1-13-27-28-29-32(13)18-5-2-14(10-26-18)19(33)31(15-3-4-15)17-6-9-30(11-16(17)22)12-20(7-8-20)21(23,24)25/h2,5,10,15-17H,3-4,6-9,11-12H2,1H3/t16-,17+/m0/s1. The fraction of sp³-hybridized carbons (Fsp3) is 0.667. The highest BCUT2D eigenvalue weighted by molar-refractivity contribution is 5.94. The fourth-order valence-corrected chi connectivity index (χ4v) is 4.69. The lowest BCUT2D eigenvalue weighted by atomic mass is 9.97. The van der Waals surface area contributed by atoms with Crippen LogP contribution in [0.3, 0.4) is 0 Å². The number of piperidine rings is 1. The van der Waals surface area contributed by atoms with Crippen LogP contribution < -0.4 is 0 Å². The van der Waals surface area contributed by atoms with Crippen LogP contribution in [-0.2, 0) is 0 Å². The smallest absolute Gasteiger partial charge is 0.330 e. The quantitative estimate of drug-likeness (QED) is 0.608. The van der Waals surface area contributed by atoms with E-state index in [0.717, 1.165) is 12.8 Å². The third kappa shape index (κ3) is 4.20. The first kappa shape index (κ1) is 22.2. The lowest BCUT2D eigenvalue weighted by Gasteiger charge is -2.42. The number of hydrogen-bond donors (Lipinski definition) is 0. The minimum absolute atomic E-state index is 0.0429. The molecule has 8 nitrogen and oxygen atoms in total. The fourth-order valence-electron chi connectivity index (χ4n) is 4.69. The number of alkyl halides is 4. The molecule has 3 aliphatic rings. The van der Waals surface area contributed by atoms with E-state index >= 15 is 4.39 Å². The number of tetrazole rings is 1. The molecule has 12 heteroatoms. The zero-order chi connectivity index (χ0) is 23.4. The summed E-state index contributed by atoms with van der Waals surface area (Å²) in [5, 5.41) is 11.2. The topological polar surface area (TPSA) is 80.0 Å². The van der Waals surface area contributed by atoms with Crippen LogP contribution in [0, 0.1) is 12.3 Å². The number of likely N-dealkylation sites (tertiary alicyclic amines) is 1. The number of pyridine rings is 1. The first-order chi connectivity index (χ1) is 15.7. The van der Waals surface area contributed by atoms with E-state index in [1.54, 1.807) is 28.9 Å². The molecule has 2 atom stereocenters. The Morgan fingerprint density at radius 3 is 2.52 bits per heavy atom. The first-order valence-corrected chi connectivity index (χ1v) is 11.2. The predicted octanol–water partition coefficient (Wildman–Crippen LogP) is 2.73. The Labute approximate surface area is 187 Å². The molecular weight excluding hydrogens is 442 g/mol. The number of aryl methyl sites for hydroxylation is 1. The average molecular weight is 467 g/mol. The second kappa shape index (κ2) is 8.00. The summed E-state index contributed by atoms with van der Waals surface area (Å²) in [6.07, 6.45) is -2.12. The third-order valence-electron chi connectivity index (χ3n) is 6.94. The molecule has 2 aromatic heterocycles. The molecular formula is C21H25F4N7O. The van der Waals surface area contributed by atoms with E-state index in [1.165, 1.54) is 10.9 Å². The molecule has 0 aromatic carbocycles. The van der Waals surface area contributed by atoms with Gasteiger partial charge in [0, 0.05) is 31.9 Å². The van der Waals surface area contributed by atoms with Crippen LogP contribution in [0.25, 0.3) is 5.82 Å². The lowest BCUT2D eigenvalue weighted by molar-refractivity contribution is -0.193. The molecule has 33 heavy (non-hydrogen) atoms. The van der Waals surface area contributed by atoms with Gasteiger partial charge in [0.15, 0.2) is 11.6 Å². The molecule has 0 unspecified atom stereocenters. The molecule has 1 saturated heterocycles. The Morgan fingerprint density at radius 2 is 2.00 bits per heavy atom. The summed E-state index contributed by atoms with van der Waals surface area (Å²) >= 11 is 0. The van der Waals surface area contributed by atoms with E-state index in [1.807, 2.05) is 0 Å². The van der Waals surface area contributed by atoms with Crippen LogP contribution in [0.2, 0.25) is 0 Å². The van der Waals surface area contributed by atoms with Gasteiger partial charge in [0.2, 0.25) is 0 Å². The summed E-state index contributed by atoms with van der Waals surface area (Å²) < 4.78 is 56.6. The van der Waals surface area contributed by atoms with Gasteiger partial charge in [-0.05, 0) is 61.6 Å². The van der Waals surface area contributed by atoms with Gasteiger partial charge in [0.05, 0.1) is 17.0 Å². The second-order valence-corrected chi connectivity index (χ2v) is 9.37. The van der Waals surface area contributed by atoms with Gasteiger partial charge in [0.25, 0.3) is 5.91 Å². The number of carbonyl (C=O) groups is 1. The van der Waals surface area contributed by atoms with E-state index in [4.69, 9.17) is 0 Å². The molecule has 178 valence electrons. The minimum Gasteiger partial charge on any atom is -0.330 e. The molecule has 5 rings (SSSR count). The molecule has 0 bridgehead atoms. The largest absolute Gasteiger partial charge is 0.395 e. The number of rotatable bonds is 6. The predicted molar refractivity (Wildman–Crippen MR) is 108 cm³/mol. The van der Waals surface area contributed by atoms with Gasteiger partial charge in [-0.1, -0.05) is 0 Å². The van der Waals surface area contributed by atoms with Crippen LogP contribution in [-0.4, -0.2) is 85.0 Å².